The Kier molecular flexibility index (Phi) is 13.9. The first-order chi connectivity index (χ1) is 21.8. The third kappa shape index (κ3) is 10.4. The van der Waals surface area contributed by atoms with E-state index in [0.29, 0.717) is 52.6 Å². The summed E-state index contributed by atoms with van der Waals surface area (Å²) in [6, 6.07) is 17.1. The summed E-state index contributed by atoms with van der Waals surface area (Å²) in [5.74, 6) is -0.424. The molecule has 0 saturated heterocycles. The van der Waals surface area contributed by atoms with Gasteiger partial charge in [-0.1, -0.05) is 73.7 Å². The number of amides is 1. The van der Waals surface area contributed by atoms with E-state index in [9.17, 15) is 9.59 Å². The van der Waals surface area contributed by atoms with Gasteiger partial charge in [-0.3, -0.25) is 14.5 Å². The van der Waals surface area contributed by atoms with Crippen LogP contribution in [-0.4, -0.2) is 42.5 Å². The quantitative estimate of drug-likeness (QED) is 0.0826. The predicted molar refractivity (Wildman–Crippen MR) is 189 cm³/mol. The average Bonchev–Trinajstić information content (AvgIpc) is 3.04. The predicted octanol–water partition coefficient (Wildman–Crippen LogP) is 8.92. The van der Waals surface area contributed by atoms with Crippen molar-refractivity contribution >= 4 is 68.1 Å². The minimum Gasteiger partial charge on any atom is -0.465 e. The number of benzene rings is 3. The van der Waals surface area contributed by atoms with Crippen LogP contribution in [-0.2, 0) is 22.5 Å². The Bertz CT molecular complexity index is 1430. The standard InChI is InChI=1S/C35H43BrCl2N4O3/c1-2-42(27-13-5-3-6-14-27)23-26-20-25(21-28(36)33(26)39)35(44)40-18-9-4-10-19-45-32(43)22-24-12-7-8-17-31(24)41-34-29(37)15-11-16-30(34)38/h7-8,11-12,15-17,20-21,27,41H,2-6,9-10,13-14,18-19,22-23,39H2,1H3,(H,40,44). The van der Waals surface area contributed by atoms with Crippen LogP contribution in [0.25, 0.3) is 0 Å². The number of nitrogens with one attached hydrogen (secondary N) is 2. The maximum Gasteiger partial charge on any atom is 0.310 e. The Hall–Kier alpha value is -2.78. The van der Waals surface area contributed by atoms with Gasteiger partial charge in [0.1, 0.15) is 0 Å². The largest absolute Gasteiger partial charge is 0.465 e. The summed E-state index contributed by atoms with van der Waals surface area (Å²) < 4.78 is 6.24. The van der Waals surface area contributed by atoms with E-state index in [2.05, 4.69) is 38.4 Å². The van der Waals surface area contributed by atoms with Crippen LogP contribution in [0.3, 0.4) is 0 Å². The number of ether oxygens (including phenoxy) is 1. The number of unbranched alkanes of at least 4 members (excludes halogenated alkanes) is 2. The van der Waals surface area contributed by atoms with Crippen molar-refractivity contribution in [3.8, 4) is 0 Å². The number of hydrogen-bond donors (Lipinski definition) is 3. The Morgan fingerprint density at radius 3 is 2.44 bits per heavy atom. The van der Waals surface area contributed by atoms with Gasteiger partial charge in [0, 0.05) is 34.9 Å². The topological polar surface area (TPSA) is 96.7 Å². The van der Waals surface area contributed by atoms with E-state index in [-0.39, 0.29) is 18.3 Å². The third-order valence-electron chi connectivity index (χ3n) is 8.29. The zero-order valence-electron chi connectivity index (χ0n) is 25.8. The monoisotopic (exact) mass is 716 g/mol. The summed E-state index contributed by atoms with van der Waals surface area (Å²) in [6.07, 6.45) is 8.75. The molecule has 1 fully saturated rings. The zero-order chi connectivity index (χ0) is 32.2. The molecule has 3 aromatic carbocycles. The van der Waals surface area contributed by atoms with Crippen molar-refractivity contribution in [1.29, 1.82) is 0 Å². The number of para-hydroxylation sites is 2. The second kappa shape index (κ2) is 17.8. The Balaban J connectivity index is 1.18. The number of nitrogen functional groups attached to an aromatic ring is 1. The molecule has 1 aliphatic rings. The molecule has 0 aliphatic heterocycles. The molecule has 7 nitrogen and oxygen atoms in total. The number of carbonyl (C=O) groups is 2. The number of nitrogens with zero attached hydrogens (tertiary/aromatic N) is 1. The second-order valence-corrected chi connectivity index (χ2v) is 13.1. The highest BCUT2D eigenvalue weighted by Gasteiger charge is 2.22. The summed E-state index contributed by atoms with van der Waals surface area (Å²) in [5, 5.41) is 7.26. The first-order valence-corrected chi connectivity index (χ1v) is 17.4. The van der Waals surface area contributed by atoms with E-state index in [4.69, 9.17) is 33.7 Å². The number of nitrogens with two attached hydrogens (primary N) is 1. The zero-order valence-corrected chi connectivity index (χ0v) is 28.9. The molecule has 0 bridgehead atoms. The van der Waals surface area contributed by atoms with Crippen molar-refractivity contribution in [2.24, 2.45) is 0 Å². The minimum atomic E-state index is -0.308. The van der Waals surface area contributed by atoms with Crippen molar-refractivity contribution < 1.29 is 14.3 Å². The molecule has 0 aromatic heterocycles. The molecule has 0 spiro atoms. The molecule has 0 radical (unpaired) electrons. The molecular formula is C35H43BrCl2N4O3. The summed E-state index contributed by atoms with van der Waals surface area (Å²) in [7, 11) is 0. The Labute approximate surface area is 285 Å². The lowest BCUT2D eigenvalue weighted by atomic mass is 9.93. The molecular weight excluding hydrogens is 675 g/mol. The Morgan fingerprint density at radius 1 is 0.978 bits per heavy atom. The first kappa shape index (κ1) is 35.1. The fourth-order valence-electron chi connectivity index (χ4n) is 5.75. The van der Waals surface area contributed by atoms with Crippen molar-refractivity contribution in [2.45, 2.75) is 77.3 Å². The van der Waals surface area contributed by atoms with Gasteiger partial charge in [0.05, 0.1) is 34.4 Å². The van der Waals surface area contributed by atoms with Crippen molar-refractivity contribution in [2.75, 3.05) is 30.7 Å². The van der Waals surface area contributed by atoms with Crippen LogP contribution in [0, 0.1) is 0 Å². The van der Waals surface area contributed by atoms with Gasteiger partial charge in [-0.25, -0.2) is 0 Å². The average molecular weight is 719 g/mol. The molecule has 1 aliphatic carbocycles. The maximum absolute atomic E-state index is 13.0. The van der Waals surface area contributed by atoms with Crippen LogP contribution in [0.15, 0.2) is 59.1 Å². The van der Waals surface area contributed by atoms with Gasteiger partial charge < -0.3 is 21.1 Å². The number of hydrogen-bond acceptors (Lipinski definition) is 6. The molecule has 4 N–H and O–H groups in total. The fraction of sp³-hybridized carbons (Fsp3) is 0.429. The van der Waals surface area contributed by atoms with E-state index in [1.807, 2.05) is 30.3 Å². The SMILES string of the molecule is CCN(Cc1cc(C(=O)NCCCCCOC(=O)Cc2ccccc2Nc2c(Cl)cccc2Cl)cc(Br)c1N)C1CCCCC1. The van der Waals surface area contributed by atoms with Crippen molar-refractivity contribution in [3.63, 3.8) is 0 Å². The highest BCUT2D eigenvalue weighted by atomic mass is 79.9. The smallest absolute Gasteiger partial charge is 0.310 e. The lowest BCUT2D eigenvalue weighted by Gasteiger charge is -2.34. The van der Waals surface area contributed by atoms with Gasteiger partial charge in [0.25, 0.3) is 5.91 Å². The van der Waals surface area contributed by atoms with E-state index in [0.717, 1.165) is 47.2 Å². The molecule has 1 amide bonds. The molecule has 4 rings (SSSR count). The van der Waals surface area contributed by atoms with Gasteiger partial charge >= 0.3 is 5.97 Å². The summed E-state index contributed by atoms with van der Waals surface area (Å²) in [4.78, 5) is 28.0. The van der Waals surface area contributed by atoms with E-state index in [1.165, 1.54) is 32.1 Å². The van der Waals surface area contributed by atoms with Crippen LogP contribution < -0.4 is 16.4 Å². The lowest BCUT2D eigenvalue weighted by Crippen LogP contribution is -2.36. The summed E-state index contributed by atoms with van der Waals surface area (Å²) in [5.41, 5.74) is 10.8. The lowest BCUT2D eigenvalue weighted by molar-refractivity contribution is -0.142. The number of halogens is 3. The molecule has 1 saturated carbocycles. The molecule has 0 unspecified atom stereocenters. The molecule has 0 atom stereocenters. The van der Waals surface area contributed by atoms with Gasteiger partial charge in [0.2, 0.25) is 0 Å². The van der Waals surface area contributed by atoms with Crippen LogP contribution in [0.2, 0.25) is 10.0 Å². The van der Waals surface area contributed by atoms with Crippen LogP contribution in [0.4, 0.5) is 17.1 Å². The normalized spacial score (nSPS) is 13.5. The van der Waals surface area contributed by atoms with E-state index < -0.39 is 0 Å². The van der Waals surface area contributed by atoms with Gasteiger partial charge in [-0.15, -0.1) is 0 Å². The third-order valence-corrected chi connectivity index (χ3v) is 9.58. The summed E-state index contributed by atoms with van der Waals surface area (Å²) in [6.45, 7) is 4.74. The Morgan fingerprint density at radius 2 is 1.71 bits per heavy atom. The fourth-order valence-corrected chi connectivity index (χ4v) is 6.74. The minimum absolute atomic E-state index is 0.116. The van der Waals surface area contributed by atoms with Gasteiger partial charge in [0.15, 0.2) is 0 Å². The van der Waals surface area contributed by atoms with Crippen LogP contribution in [0.1, 0.15) is 79.8 Å². The van der Waals surface area contributed by atoms with Gasteiger partial charge in [-0.2, -0.15) is 0 Å². The maximum atomic E-state index is 13.0. The van der Waals surface area contributed by atoms with Gasteiger partial charge in [-0.05, 0) is 96.0 Å². The number of carbonyl (C=O) groups excluding carboxylic acids is 2. The number of rotatable bonds is 15. The molecule has 242 valence electrons. The first-order valence-electron chi connectivity index (χ1n) is 15.8. The van der Waals surface area contributed by atoms with Crippen molar-refractivity contribution in [1.82, 2.24) is 10.2 Å². The van der Waals surface area contributed by atoms with Crippen molar-refractivity contribution in [3.05, 3.63) is 85.8 Å². The highest BCUT2D eigenvalue weighted by Crippen LogP contribution is 2.34. The highest BCUT2D eigenvalue weighted by molar-refractivity contribution is 9.10. The number of esters is 1. The molecule has 10 heteroatoms. The van der Waals surface area contributed by atoms with E-state index in [1.54, 1.807) is 24.3 Å². The number of anilines is 3. The molecule has 45 heavy (non-hydrogen) atoms. The van der Waals surface area contributed by atoms with Crippen LogP contribution in [0.5, 0.6) is 0 Å². The summed E-state index contributed by atoms with van der Waals surface area (Å²) >= 11 is 16.2. The molecule has 0 heterocycles. The second-order valence-electron chi connectivity index (χ2n) is 11.5. The van der Waals surface area contributed by atoms with Crippen LogP contribution >= 0.6 is 39.1 Å². The molecule has 3 aromatic rings. The van der Waals surface area contributed by atoms with E-state index >= 15 is 0 Å².